The van der Waals surface area contributed by atoms with Crippen LogP contribution in [0, 0.1) is 0 Å². The number of pyridine rings is 1. The van der Waals surface area contributed by atoms with E-state index >= 15 is 0 Å². The molecule has 0 aliphatic heterocycles. The predicted molar refractivity (Wildman–Crippen MR) is 115 cm³/mol. The molecule has 2 aromatic carbocycles. The molecule has 0 fully saturated rings. The van der Waals surface area contributed by atoms with Gasteiger partial charge in [-0.25, -0.2) is 8.42 Å². The maximum absolute atomic E-state index is 12.9. The summed E-state index contributed by atoms with van der Waals surface area (Å²) in [5, 5.41) is 6.05. The van der Waals surface area contributed by atoms with Crippen LogP contribution in [0.4, 0.5) is 5.69 Å². The van der Waals surface area contributed by atoms with E-state index in [9.17, 15) is 13.2 Å². The molecule has 0 saturated carbocycles. The van der Waals surface area contributed by atoms with Crippen molar-refractivity contribution < 1.29 is 13.2 Å². The molecule has 0 unspecified atom stereocenters. The number of anilines is 1. The Morgan fingerprint density at radius 2 is 1.73 bits per heavy atom. The molecule has 30 heavy (non-hydrogen) atoms. The molecule has 1 N–H and O–H groups in total. The third-order valence-corrected chi connectivity index (χ3v) is 6.35. The van der Waals surface area contributed by atoms with E-state index in [2.05, 4.69) is 19.3 Å². The highest BCUT2D eigenvalue weighted by Crippen LogP contribution is 2.27. The first-order chi connectivity index (χ1) is 14.4. The van der Waals surface area contributed by atoms with Gasteiger partial charge in [-0.1, -0.05) is 28.2 Å². The molecule has 7 nitrogen and oxygen atoms in total. The highest BCUT2D eigenvalue weighted by molar-refractivity contribution is 7.92. The van der Waals surface area contributed by atoms with Crippen molar-refractivity contribution in [2.75, 3.05) is 4.72 Å². The van der Waals surface area contributed by atoms with Gasteiger partial charge in [0.25, 0.3) is 10.0 Å². The Bertz CT molecular complexity index is 1290. The van der Waals surface area contributed by atoms with Crippen LogP contribution in [-0.2, 0) is 10.0 Å². The van der Waals surface area contributed by atoms with Crippen LogP contribution >= 0.6 is 23.1 Å². The molecule has 0 amide bonds. The third kappa shape index (κ3) is 4.23. The largest absolute Gasteiger partial charge is 0.289 e. The van der Waals surface area contributed by atoms with E-state index in [1.54, 1.807) is 29.6 Å². The van der Waals surface area contributed by atoms with Crippen molar-refractivity contribution in [3.8, 4) is 11.3 Å². The smallest absolute Gasteiger partial charge is 0.261 e. The fraction of sp³-hybridized carbons (Fsp3) is 0. The van der Waals surface area contributed by atoms with E-state index in [4.69, 9.17) is 11.6 Å². The quantitative estimate of drug-likeness (QED) is 0.434. The lowest BCUT2D eigenvalue weighted by atomic mass is 10.0. The lowest BCUT2D eigenvalue weighted by Gasteiger charge is -2.13. The maximum atomic E-state index is 12.9. The van der Waals surface area contributed by atoms with E-state index < -0.39 is 10.0 Å². The first kappa shape index (κ1) is 20.1. The summed E-state index contributed by atoms with van der Waals surface area (Å²) in [4.78, 5) is 16.8. The molecule has 2 aromatic heterocycles. The summed E-state index contributed by atoms with van der Waals surface area (Å²) < 4.78 is 32.1. The lowest BCUT2D eigenvalue weighted by molar-refractivity contribution is 0.103. The van der Waals surface area contributed by atoms with E-state index in [0.717, 1.165) is 5.56 Å². The minimum absolute atomic E-state index is 0.0479. The van der Waals surface area contributed by atoms with E-state index in [1.807, 2.05) is 0 Å². The monoisotopic (exact) mass is 456 g/mol. The van der Waals surface area contributed by atoms with Crippen molar-refractivity contribution >= 4 is 44.6 Å². The zero-order chi connectivity index (χ0) is 21.1. The summed E-state index contributed by atoms with van der Waals surface area (Å²) in [7, 11) is -3.94. The molecule has 0 radical (unpaired) electrons. The number of benzene rings is 2. The molecule has 10 heteroatoms. The van der Waals surface area contributed by atoms with Crippen LogP contribution in [0.1, 0.15) is 15.9 Å². The van der Waals surface area contributed by atoms with Gasteiger partial charge in [0.05, 0.1) is 10.6 Å². The molecule has 0 spiro atoms. The van der Waals surface area contributed by atoms with Gasteiger partial charge in [-0.2, -0.15) is 0 Å². The van der Waals surface area contributed by atoms with Crippen LogP contribution in [0.3, 0.4) is 0 Å². The van der Waals surface area contributed by atoms with Crippen molar-refractivity contribution in [3.05, 3.63) is 88.5 Å². The first-order valence-corrected chi connectivity index (χ1v) is 11.3. The number of halogens is 1. The Morgan fingerprint density at radius 3 is 2.40 bits per heavy atom. The highest BCUT2D eigenvalue weighted by Gasteiger charge is 2.20. The molecule has 4 aromatic rings. The van der Waals surface area contributed by atoms with Crippen LogP contribution < -0.4 is 4.72 Å². The average molecular weight is 457 g/mol. The van der Waals surface area contributed by atoms with Gasteiger partial charge in [0.1, 0.15) is 5.69 Å². The number of carbonyl (C=O) groups excluding carboxylic acids is 1. The standard InChI is InChI=1S/C20H13ClN4O3S2/c21-15-3-6-18(17(11-15)20(26)14-7-9-22-10-8-14)24-30(27,28)16-4-1-13(2-5-16)19-12-29-25-23-19/h1-12,24H. The number of carbonyl (C=O) groups is 1. The zero-order valence-electron chi connectivity index (χ0n) is 15.2. The van der Waals surface area contributed by atoms with Crippen LogP contribution in [-0.4, -0.2) is 28.8 Å². The molecule has 0 bridgehead atoms. The van der Waals surface area contributed by atoms with Gasteiger partial charge < -0.3 is 0 Å². The maximum Gasteiger partial charge on any atom is 0.261 e. The van der Waals surface area contributed by atoms with Crippen LogP contribution in [0.5, 0.6) is 0 Å². The van der Waals surface area contributed by atoms with Crippen LogP contribution in [0.25, 0.3) is 11.3 Å². The van der Waals surface area contributed by atoms with Crippen LogP contribution in [0.2, 0.25) is 5.02 Å². The van der Waals surface area contributed by atoms with Gasteiger partial charge in [0.2, 0.25) is 0 Å². The molecule has 4 rings (SSSR count). The number of sulfonamides is 1. The number of nitrogens with zero attached hydrogens (tertiary/aromatic N) is 3. The Morgan fingerprint density at radius 1 is 1.00 bits per heavy atom. The summed E-state index contributed by atoms with van der Waals surface area (Å²) >= 11 is 7.26. The van der Waals surface area contributed by atoms with Crippen molar-refractivity contribution in [2.24, 2.45) is 0 Å². The van der Waals surface area contributed by atoms with Gasteiger partial charge in [-0.3, -0.25) is 14.5 Å². The number of ketones is 1. The second kappa shape index (κ2) is 8.31. The molecule has 0 aliphatic carbocycles. The van der Waals surface area contributed by atoms with Crippen molar-refractivity contribution in [1.82, 2.24) is 14.6 Å². The summed E-state index contributed by atoms with van der Waals surface area (Å²) in [6.07, 6.45) is 2.97. The molecule has 150 valence electrons. The van der Waals surface area contributed by atoms with Gasteiger partial charge in [-0.15, -0.1) is 5.10 Å². The molecule has 2 heterocycles. The predicted octanol–water partition coefficient (Wildman–Crippen LogP) is 4.29. The topological polar surface area (TPSA) is 102 Å². The fourth-order valence-corrected chi connectivity index (χ4v) is 4.47. The highest BCUT2D eigenvalue weighted by atomic mass is 35.5. The second-order valence-corrected chi connectivity index (χ2v) is 8.90. The van der Waals surface area contributed by atoms with E-state index in [0.29, 0.717) is 16.3 Å². The zero-order valence-corrected chi connectivity index (χ0v) is 17.6. The van der Waals surface area contributed by atoms with Gasteiger partial charge in [0.15, 0.2) is 5.78 Å². The van der Waals surface area contributed by atoms with Gasteiger partial charge in [-0.05, 0) is 54.0 Å². The molecular formula is C20H13ClN4O3S2. The molecule has 0 atom stereocenters. The SMILES string of the molecule is O=C(c1ccncc1)c1cc(Cl)ccc1NS(=O)(=O)c1ccc(-c2csnn2)cc1. The average Bonchev–Trinajstić information content (AvgIpc) is 3.30. The first-order valence-electron chi connectivity index (χ1n) is 8.59. The van der Waals surface area contributed by atoms with Crippen molar-refractivity contribution in [1.29, 1.82) is 0 Å². The minimum Gasteiger partial charge on any atom is -0.289 e. The summed E-state index contributed by atoms with van der Waals surface area (Å²) in [5.41, 5.74) is 2.06. The Labute approximate surface area is 181 Å². The Balaban J connectivity index is 1.66. The van der Waals surface area contributed by atoms with Crippen molar-refractivity contribution in [2.45, 2.75) is 4.90 Å². The number of rotatable bonds is 6. The van der Waals surface area contributed by atoms with Gasteiger partial charge in [0, 0.05) is 39.5 Å². The molecule has 0 aliphatic rings. The van der Waals surface area contributed by atoms with Crippen LogP contribution in [0.15, 0.2) is 77.3 Å². The third-order valence-electron chi connectivity index (χ3n) is 4.23. The number of hydrogen-bond donors (Lipinski definition) is 1. The van der Waals surface area contributed by atoms with E-state index in [1.165, 1.54) is 54.3 Å². The number of aromatic nitrogens is 3. The summed E-state index contributed by atoms with van der Waals surface area (Å²) in [6.45, 7) is 0. The molecular weight excluding hydrogens is 444 g/mol. The summed E-state index contributed by atoms with van der Waals surface area (Å²) in [5.74, 6) is -0.371. The van der Waals surface area contributed by atoms with Gasteiger partial charge >= 0.3 is 0 Å². The molecule has 0 saturated heterocycles. The number of nitrogens with one attached hydrogen (secondary N) is 1. The normalized spacial score (nSPS) is 11.2. The van der Waals surface area contributed by atoms with E-state index in [-0.39, 0.29) is 21.9 Å². The Kier molecular flexibility index (Phi) is 5.58. The lowest BCUT2D eigenvalue weighted by Crippen LogP contribution is -2.16. The Hall–Kier alpha value is -3.14. The second-order valence-electron chi connectivity index (χ2n) is 6.17. The minimum atomic E-state index is -3.94. The summed E-state index contributed by atoms with van der Waals surface area (Å²) in [6, 6.07) is 13.7. The number of hydrogen-bond acceptors (Lipinski definition) is 7. The van der Waals surface area contributed by atoms with Crippen molar-refractivity contribution in [3.63, 3.8) is 0 Å². The fourth-order valence-electron chi connectivity index (χ4n) is 2.75.